The standard InChI is InChI=1S/C21H36N2O5S/c1-21(2,3)28-20(27)22-17(19(25)26)14-29-13-16-10-7-11-23(16)18(24)12-15-8-5-4-6-9-15/h15-17H,4-14H2,1-3H3,(H,22,27)(H,25,26)/t16-,17+/m1/s1. The highest BCUT2D eigenvalue weighted by Gasteiger charge is 2.31. The third kappa shape index (κ3) is 8.44. The van der Waals surface area contributed by atoms with E-state index in [9.17, 15) is 19.5 Å². The normalized spacial score (nSPS) is 21.6. The van der Waals surface area contributed by atoms with E-state index in [1.165, 1.54) is 31.0 Å². The van der Waals surface area contributed by atoms with Gasteiger partial charge < -0.3 is 20.1 Å². The number of nitrogens with zero attached hydrogens (tertiary/aromatic N) is 1. The first-order valence-corrected chi connectivity index (χ1v) is 11.9. The van der Waals surface area contributed by atoms with Crippen LogP contribution in [0.15, 0.2) is 0 Å². The summed E-state index contributed by atoms with van der Waals surface area (Å²) in [6.07, 6.45) is 7.97. The predicted molar refractivity (Wildman–Crippen MR) is 114 cm³/mol. The number of nitrogens with one attached hydrogen (secondary N) is 1. The minimum atomic E-state index is -1.08. The Hall–Kier alpha value is -1.44. The fraction of sp³-hybridized carbons (Fsp3) is 0.857. The van der Waals surface area contributed by atoms with Crippen LogP contribution in [0.3, 0.4) is 0 Å². The zero-order valence-electron chi connectivity index (χ0n) is 17.9. The zero-order chi connectivity index (χ0) is 21.4. The van der Waals surface area contributed by atoms with Gasteiger partial charge in [-0.15, -0.1) is 0 Å². The number of carboxylic acids is 1. The lowest BCUT2D eigenvalue weighted by atomic mass is 9.86. The highest BCUT2D eigenvalue weighted by Crippen LogP contribution is 2.29. The number of carbonyl (C=O) groups excluding carboxylic acids is 2. The molecular weight excluding hydrogens is 392 g/mol. The quantitative estimate of drug-likeness (QED) is 0.612. The summed E-state index contributed by atoms with van der Waals surface area (Å²) in [5, 5.41) is 11.8. The molecule has 2 amide bonds. The molecule has 1 aliphatic carbocycles. The molecule has 1 heterocycles. The topological polar surface area (TPSA) is 95.9 Å². The Morgan fingerprint density at radius 1 is 1.14 bits per heavy atom. The second-order valence-electron chi connectivity index (χ2n) is 9.17. The number of carbonyl (C=O) groups is 3. The van der Waals surface area contributed by atoms with Gasteiger partial charge in [-0.1, -0.05) is 19.3 Å². The Morgan fingerprint density at radius 3 is 2.45 bits per heavy atom. The average molecular weight is 429 g/mol. The van der Waals surface area contributed by atoms with Crippen LogP contribution in [-0.4, -0.2) is 63.7 Å². The van der Waals surface area contributed by atoms with Gasteiger partial charge in [-0.3, -0.25) is 4.79 Å². The van der Waals surface area contributed by atoms with Crippen LogP contribution < -0.4 is 5.32 Å². The monoisotopic (exact) mass is 428 g/mol. The molecule has 0 bridgehead atoms. The van der Waals surface area contributed by atoms with Crippen molar-refractivity contribution < 1.29 is 24.2 Å². The fourth-order valence-electron chi connectivity index (χ4n) is 4.04. The van der Waals surface area contributed by atoms with E-state index in [1.807, 2.05) is 4.90 Å². The summed E-state index contributed by atoms with van der Waals surface area (Å²) in [5.74, 6) is 0.632. The summed E-state index contributed by atoms with van der Waals surface area (Å²) in [6.45, 7) is 6.00. The van der Waals surface area contributed by atoms with Crippen molar-refractivity contribution in [2.45, 2.75) is 89.8 Å². The van der Waals surface area contributed by atoms with E-state index in [1.54, 1.807) is 20.8 Å². The van der Waals surface area contributed by atoms with Gasteiger partial charge in [-0.05, 0) is 52.4 Å². The van der Waals surface area contributed by atoms with Gasteiger partial charge in [-0.25, -0.2) is 9.59 Å². The molecule has 0 aromatic rings. The summed E-state index contributed by atoms with van der Waals surface area (Å²) in [5.41, 5.74) is -0.677. The Bertz CT molecular complexity index is 572. The number of carboxylic acid groups (broad SMARTS) is 1. The molecule has 2 atom stereocenters. The van der Waals surface area contributed by atoms with Crippen LogP contribution in [0.4, 0.5) is 4.79 Å². The van der Waals surface area contributed by atoms with E-state index in [0.29, 0.717) is 18.1 Å². The molecule has 2 aliphatic rings. The van der Waals surface area contributed by atoms with Gasteiger partial charge in [0, 0.05) is 30.5 Å². The smallest absolute Gasteiger partial charge is 0.408 e. The average Bonchev–Trinajstić information content (AvgIpc) is 3.08. The molecule has 0 unspecified atom stereocenters. The summed E-state index contributed by atoms with van der Waals surface area (Å²) in [6, 6.07) is -0.852. The van der Waals surface area contributed by atoms with E-state index >= 15 is 0 Å². The molecule has 0 radical (unpaired) electrons. The molecule has 7 nitrogen and oxygen atoms in total. The number of amides is 2. The molecule has 0 aromatic heterocycles. The summed E-state index contributed by atoms with van der Waals surface area (Å²) in [4.78, 5) is 38.1. The minimum absolute atomic E-state index is 0.159. The van der Waals surface area contributed by atoms with Crippen molar-refractivity contribution in [3.63, 3.8) is 0 Å². The molecule has 2 N–H and O–H groups in total. The molecule has 8 heteroatoms. The molecule has 2 fully saturated rings. The number of hydrogen-bond acceptors (Lipinski definition) is 5. The number of thioether (sulfide) groups is 1. The maximum Gasteiger partial charge on any atom is 0.408 e. The third-order valence-corrected chi connectivity index (χ3v) is 6.66. The number of aliphatic carboxylic acids is 1. The van der Waals surface area contributed by atoms with Crippen molar-refractivity contribution in [3.8, 4) is 0 Å². The summed E-state index contributed by atoms with van der Waals surface area (Å²) in [7, 11) is 0. The van der Waals surface area contributed by atoms with Crippen molar-refractivity contribution in [1.82, 2.24) is 10.2 Å². The van der Waals surface area contributed by atoms with Crippen LogP contribution in [0, 0.1) is 5.92 Å². The molecule has 0 aromatic carbocycles. The summed E-state index contributed by atoms with van der Waals surface area (Å²) >= 11 is 1.47. The third-order valence-electron chi connectivity index (χ3n) is 5.47. The summed E-state index contributed by atoms with van der Waals surface area (Å²) < 4.78 is 5.14. The van der Waals surface area contributed by atoms with Crippen LogP contribution in [0.1, 0.15) is 72.1 Å². The maximum atomic E-state index is 12.8. The van der Waals surface area contributed by atoms with Crippen LogP contribution in [0.2, 0.25) is 0 Å². The van der Waals surface area contributed by atoms with Gasteiger partial charge in [0.15, 0.2) is 0 Å². The van der Waals surface area contributed by atoms with Crippen LogP contribution >= 0.6 is 11.8 Å². The van der Waals surface area contributed by atoms with Crippen LogP contribution in [0.25, 0.3) is 0 Å². The molecule has 1 saturated heterocycles. The number of alkyl carbamates (subject to hydrolysis) is 1. The molecule has 0 spiro atoms. The van der Waals surface area contributed by atoms with Crippen molar-refractivity contribution in [3.05, 3.63) is 0 Å². The van der Waals surface area contributed by atoms with Gasteiger partial charge in [0.05, 0.1) is 0 Å². The highest BCUT2D eigenvalue weighted by atomic mass is 32.2. The van der Waals surface area contributed by atoms with Gasteiger partial charge in [0.25, 0.3) is 0 Å². The minimum Gasteiger partial charge on any atom is -0.480 e. The highest BCUT2D eigenvalue weighted by molar-refractivity contribution is 7.99. The fourth-order valence-corrected chi connectivity index (χ4v) is 5.26. The largest absolute Gasteiger partial charge is 0.480 e. The lowest BCUT2D eigenvalue weighted by Gasteiger charge is -2.28. The van der Waals surface area contributed by atoms with Gasteiger partial charge in [-0.2, -0.15) is 11.8 Å². The first-order chi connectivity index (χ1) is 13.7. The second kappa shape index (κ2) is 11.1. The first kappa shape index (κ1) is 23.8. The number of hydrogen-bond donors (Lipinski definition) is 2. The van der Waals surface area contributed by atoms with Crippen molar-refractivity contribution in [2.75, 3.05) is 18.1 Å². The second-order valence-corrected chi connectivity index (χ2v) is 10.2. The lowest BCUT2D eigenvalue weighted by molar-refractivity contribution is -0.139. The molecule has 1 aliphatic heterocycles. The lowest BCUT2D eigenvalue weighted by Crippen LogP contribution is -2.45. The Kier molecular flexibility index (Phi) is 9.11. The van der Waals surface area contributed by atoms with Gasteiger partial charge >= 0.3 is 12.1 Å². The predicted octanol–water partition coefficient (Wildman–Crippen LogP) is 3.66. The molecule has 2 rings (SSSR count). The van der Waals surface area contributed by atoms with E-state index in [4.69, 9.17) is 4.74 Å². The van der Waals surface area contributed by atoms with E-state index < -0.39 is 23.7 Å². The maximum absolute atomic E-state index is 12.8. The number of likely N-dealkylation sites (tertiary alicyclic amines) is 1. The zero-order valence-corrected chi connectivity index (χ0v) is 18.8. The Balaban J connectivity index is 1.78. The molecular formula is C21H36N2O5S. The van der Waals surface area contributed by atoms with E-state index in [2.05, 4.69) is 5.32 Å². The van der Waals surface area contributed by atoms with E-state index in [-0.39, 0.29) is 17.7 Å². The Morgan fingerprint density at radius 2 is 1.83 bits per heavy atom. The molecule has 166 valence electrons. The Labute approximate surface area is 178 Å². The number of rotatable bonds is 8. The first-order valence-electron chi connectivity index (χ1n) is 10.8. The SMILES string of the molecule is CC(C)(C)OC(=O)N[C@@H](CSC[C@H]1CCCN1C(=O)CC1CCCCC1)C(=O)O. The van der Waals surface area contributed by atoms with Gasteiger partial charge in [0.2, 0.25) is 5.91 Å². The number of ether oxygens (including phenoxy) is 1. The van der Waals surface area contributed by atoms with E-state index in [0.717, 1.165) is 32.2 Å². The van der Waals surface area contributed by atoms with Crippen molar-refractivity contribution in [2.24, 2.45) is 5.92 Å². The van der Waals surface area contributed by atoms with Gasteiger partial charge in [0.1, 0.15) is 11.6 Å². The molecule has 29 heavy (non-hydrogen) atoms. The molecule has 1 saturated carbocycles. The van der Waals surface area contributed by atoms with Crippen molar-refractivity contribution in [1.29, 1.82) is 0 Å². The van der Waals surface area contributed by atoms with Crippen LogP contribution in [-0.2, 0) is 14.3 Å². The van der Waals surface area contributed by atoms with Crippen LogP contribution in [0.5, 0.6) is 0 Å². The van der Waals surface area contributed by atoms with Crippen molar-refractivity contribution >= 4 is 29.7 Å².